The first-order valence-corrected chi connectivity index (χ1v) is 8.35. The fraction of sp³-hybridized carbons (Fsp3) is 0.444. The molecule has 5 nitrogen and oxygen atoms in total. The van der Waals surface area contributed by atoms with E-state index in [4.69, 9.17) is 5.73 Å². The number of nitrogens with two attached hydrogens (primary N) is 1. The molecule has 2 aromatic rings. The third-order valence-corrected chi connectivity index (χ3v) is 4.63. The van der Waals surface area contributed by atoms with Gasteiger partial charge in [0.1, 0.15) is 12.0 Å². The van der Waals surface area contributed by atoms with Crippen LogP contribution in [-0.4, -0.2) is 23.1 Å². The largest absolute Gasteiger partial charge is 0.393 e. The quantitative estimate of drug-likeness (QED) is 0.902. The molecule has 1 fully saturated rings. The van der Waals surface area contributed by atoms with Crippen molar-refractivity contribution in [2.75, 3.05) is 29.0 Å². The standard InChI is InChI=1S/C18H25N5/c1-13-8-7-9-15(14(13)2)22-17-16(19)18(21-12-20-17)23-10-5-3-4-6-11-23/h7-9,12H,3-6,10-11,19H2,1-2H3,(H,20,21,22). The zero-order chi connectivity index (χ0) is 16.2. The van der Waals surface area contributed by atoms with Crippen LogP contribution < -0.4 is 16.0 Å². The highest BCUT2D eigenvalue weighted by Crippen LogP contribution is 2.31. The second kappa shape index (κ2) is 6.86. The number of rotatable bonds is 3. The Morgan fingerprint density at radius 3 is 2.52 bits per heavy atom. The SMILES string of the molecule is Cc1cccc(Nc2ncnc(N3CCCCCC3)c2N)c1C. The van der Waals surface area contributed by atoms with Crippen molar-refractivity contribution in [3.05, 3.63) is 35.7 Å². The van der Waals surface area contributed by atoms with Gasteiger partial charge in [0.25, 0.3) is 0 Å². The van der Waals surface area contributed by atoms with Gasteiger partial charge in [-0.2, -0.15) is 0 Å². The average molecular weight is 311 g/mol. The highest BCUT2D eigenvalue weighted by atomic mass is 15.2. The monoisotopic (exact) mass is 311 g/mol. The van der Waals surface area contributed by atoms with Crippen LogP contribution in [0.1, 0.15) is 36.8 Å². The Morgan fingerprint density at radius 1 is 1.04 bits per heavy atom. The Labute approximate surface area is 137 Å². The molecule has 1 aliphatic heterocycles. The van der Waals surface area contributed by atoms with Crippen molar-refractivity contribution in [3.63, 3.8) is 0 Å². The van der Waals surface area contributed by atoms with Crippen LogP contribution in [0.4, 0.5) is 23.0 Å². The van der Waals surface area contributed by atoms with Crippen molar-refractivity contribution >= 4 is 23.0 Å². The van der Waals surface area contributed by atoms with Crippen LogP contribution in [0.3, 0.4) is 0 Å². The van der Waals surface area contributed by atoms with Gasteiger partial charge in [0.05, 0.1) is 0 Å². The van der Waals surface area contributed by atoms with E-state index in [1.165, 1.54) is 36.8 Å². The fourth-order valence-corrected chi connectivity index (χ4v) is 3.03. The molecule has 2 heterocycles. The molecule has 3 N–H and O–H groups in total. The number of aromatic nitrogens is 2. The van der Waals surface area contributed by atoms with Gasteiger partial charge in [-0.25, -0.2) is 9.97 Å². The Hall–Kier alpha value is -2.30. The number of nitrogen functional groups attached to an aromatic ring is 1. The van der Waals surface area contributed by atoms with Gasteiger partial charge >= 0.3 is 0 Å². The van der Waals surface area contributed by atoms with Crippen LogP contribution in [0.15, 0.2) is 24.5 Å². The highest BCUT2D eigenvalue weighted by molar-refractivity contribution is 5.79. The van der Waals surface area contributed by atoms with Crippen LogP contribution in [-0.2, 0) is 0 Å². The smallest absolute Gasteiger partial charge is 0.159 e. The molecule has 5 heteroatoms. The normalized spacial score (nSPS) is 15.3. The first kappa shape index (κ1) is 15.6. The van der Waals surface area contributed by atoms with E-state index in [0.717, 1.165) is 24.6 Å². The summed E-state index contributed by atoms with van der Waals surface area (Å²) in [6.07, 6.45) is 6.57. The molecule has 1 aromatic carbocycles. The number of hydrogen-bond acceptors (Lipinski definition) is 5. The molecule has 0 bridgehead atoms. The van der Waals surface area contributed by atoms with E-state index in [9.17, 15) is 0 Å². The molecule has 1 saturated heterocycles. The Morgan fingerprint density at radius 2 is 1.78 bits per heavy atom. The molecule has 0 atom stereocenters. The second-order valence-electron chi connectivity index (χ2n) is 6.23. The van der Waals surface area contributed by atoms with Crippen molar-refractivity contribution in [2.45, 2.75) is 39.5 Å². The Kier molecular flexibility index (Phi) is 4.65. The molecule has 3 rings (SSSR count). The van der Waals surface area contributed by atoms with Gasteiger partial charge in [0.2, 0.25) is 0 Å². The molecule has 122 valence electrons. The van der Waals surface area contributed by atoms with Gasteiger partial charge in [-0.05, 0) is 43.9 Å². The van der Waals surface area contributed by atoms with Crippen molar-refractivity contribution in [2.24, 2.45) is 0 Å². The molecule has 1 aromatic heterocycles. The van der Waals surface area contributed by atoms with Crippen LogP contribution in [0, 0.1) is 13.8 Å². The maximum atomic E-state index is 6.37. The predicted octanol–water partition coefficient (Wildman–Crippen LogP) is 3.80. The van der Waals surface area contributed by atoms with Crippen molar-refractivity contribution in [1.82, 2.24) is 9.97 Å². The summed E-state index contributed by atoms with van der Waals surface area (Å²) in [7, 11) is 0. The summed E-state index contributed by atoms with van der Waals surface area (Å²) < 4.78 is 0. The lowest BCUT2D eigenvalue weighted by molar-refractivity contribution is 0.726. The predicted molar refractivity (Wildman–Crippen MR) is 96.3 cm³/mol. The number of benzene rings is 1. The molecule has 0 spiro atoms. The molecule has 23 heavy (non-hydrogen) atoms. The number of nitrogens with one attached hydrogen (secondary N) is 1. The van der Waals surface area contributed by atoms with Gasteiger partial charge < -0.3 is 16.0 Å². The first-order valence-electron chi connectivity index (χ1n) is 8.35. The van der Waals surface area contributed by atoms with Gasteiger partial charge in [-0.15, -0.1) is 0 Å². The van der Waals surface area contributed by atoms with Crippen LogP contribution >= 0.6 is 0 Å². The number of hydrogen-bond donors (Lipinski definition) is 2. The number of aryl methyl sites for hydroxylation is 1. The summed E-state index contributed by atoms with van der Waals surface area (Å²) in [5.41, 5.74) is 10.5. The minimum absolute atomic E-state index is 0.635. The van der Waals surface area contributed by atoms with E-state index in [1.807, 2.05) is 6.07 Å². The second-order valence-corrected chi connectivity index (χ2v) is 6.23. The lowest BCUT2D eigenvalue weighted by atomic mass is 10.1. The summed E-state index contributed by atoms with van der Waals surface area (Å²) in [5, 5.41) is 3.37. The van der Waals surface area contributed by atoms with Gasteiger partial charge in [0, 0.05) is 18.8 Å². The minimum atomic E-state index is 0.635. The highest BCUT2D eigenvalue weighted by Gasteiger charge is 2.17. The third-order valence-electron chi connectivity index (χ3n) is 4.63. The third kappa shape index (κ3) is 3.38. The summed E-state index contributed by atoms with van der Waals surface area (Å²) in [4.78, 5) is 11.1. The molecule has 1 aliphatic rings. The van der Waals surface area contributed by atoms with Crippen molar-refractivity contribution in [1.29, 1.82) is 0 Å². The number of anilines is 4. The minimum Gasteiger partial charge on any atom is -0.393 e. The van der Waals surface area contributed by atoms with E-state index in [1.54, 1.807) is 6.33 Å². The Bertz CT molecular complexity index is 675. The summed E-state index contributed by atoms with van der Waals surface area (Å²) >= 11 is 0. The Balaban J connectivity index is 1.88. The molecule has 0 radical (unpaired) electrons. The summed E-state index contributed by atoms with van der Waals surface area (Å²) in [6, 6.07) is 6.19. The molecule has 0 saturated carbocycles. The summed E-state index contributed by atoms with van der Waals surface area (Å²) in [5.74, 6) is 1.54. The van der Waals surface area contributed by atoms with Crippen LogP contribution in [0.5, 0.6) is 0 Å². The topological polar surface area (TPSA) is 67.1 Å². The summed E-state index contributed by atoms with van der Waals surface area (Å²) in [6.45, 7) is 6.24. The molecule has 0 amide bonds. The van der Waals surface area contributed by atoms with Gasteiger partial charge in [0.15, 0.2) is 11.6 Å². The fourth-order valence-electron chi connectivity index (χ4n) is 3.03. The zero-order valence-electron chi connectivity index (χ0n) is 14.0. The van der Waals surface area contributed by atoms with Crippen molar-refractivity contribution < 1.29 is 0 Å². The van der Waals surface area contributed by atoms with Gasteiger partial charge in [-0.3, -0.25) is 0 Å². The van der Waals surface area contributed by atoms with Crippen LogP contribution in [0.25, 0.3) is 0 Å². The lowest BCUT2D eigenvalue weighted by Gasteiger charge is -2.23. The van der Waals surface area contributed by atoms with Crippen LogP contribution in [0.2, 0.25) is 0 Å². The van der Waals surface area contributed by atoms with E-state index >= 15 is 0 Å². The number of nitrogens with zero attached hydrogens (tertiary/aromatic N) is 3. The van der Waals surface area contributed by atoms with E-state index in [-0.39, 0.29) is 0 Å². The maximum absolute atomic E-state index is 6.37. The average Bonchev–Trinajstić information content (AvgIpc) is 2.83. The zero-order valence-corrected chi connectivity index (χ0v) is 14.0. The molecule has 0 aliphatic carbocycles. The molecular weight excluding hydrogens is 286 g/mol. The van der Waals surface area contributed by atoms with Crippen molar-refractivity contribution in [3.8, 4) is 0 Å². The maximum Gasteiger partial charge on any atom is 0.159 e. The lowest BCUT2D eigenvalue weighted by Crippen LogP contribution is -2.26. The van der Waals surface area contributed by atoms with E-state index in [2.05, 4.69) is 46.2 Å². The molecular formula is C18H25N5. The van der Waals surface area contributed by atoms with E-state index < -0.39 is 0 Å². The molecule has 0 unspecified atom stereocenters. The van der Waals surface area contributed by atoms with Gasteiger partial charge in [-0.1, -0.05) is 25.0 Å². The first-order chi connectivity index (χ1) is 11.2. The van der Waals surface area contributed by atoms with E-state index in [0.29, 0.717) is 11.5 Å².